The summed E-state index contributed by atoms with van der Waals surface area (Å²) in [6.07, 6.45) is 4.51. The fourth-order valence-corrected chi connectivity index (χ4v) is 4.03. The molecule has 1 amide bonds. The van der Waals surface area contributed by atoms with Crippen LogP contribution in [0.2, 0.25) is 0 Å². The molecule has 2 aliphatic rings. The number of carbonyl (C=O) groups is 2. The average molecular weight is 370 g/mol. The minimum Gasteiger partial charge on any atom is -0.497 e. The molecule has 8 heteroatoms. The number of carboxylic acid groups (broad SMARTS) is 1. The van der Waals surface area contributed by atoms with Gasteiger partial charge in [-0.1, -0.05) is 12.8 Å². The number of rotatable bonds is 5. The van der Waals surface area contributed by atoms with Crippen LogP contribution in [0.5, 0.6) is 5.75 Å². The molecule has 8 nitrogen and oxygen atoms in total. The molecule has 1 saturated carbocycles. The van der Waals surface area contributed by atoms with Crippen LogP contribution in [0.3, 0.4) is 0 Å². The minimum absolute atomic E-state index is 0.120. The number of carbonyl (C=O) groups excluding carboxylic acids is 1. The van der Waals surface area contributed by atoms with E-state index in [0.29, 0.717) is 23.1 Å². The van der Waals surface area contributed by atoms with Crippen molar-refractivity contribution < 1.29 is 19.4 Å². The van der Waals surface area contributed by atoms with E-state index in [2.05, 4.69) is 10.4 Å². The molecule has 2 N–H and O–H groups in total. The Morgan fingerprint density at radius 2 is 2.15 bits per heavy atom. The van der Waals surface area contributed by atoms with Crippen molar-refractivity contribution in [2.45, 2.75) is 50.5 Å². The van der Waals surface area contributed by atoms with Gasteiger partial charge in [0.2, 0.25) is 5.91 Å². The first-order valence-corrected chi connectivity index (χ1v) is 9.19. The Morgan fingerprint density at radius 3 is 2.85 bits per heavy atom. The largest absolute Gasteiger partial charge is 0.497 e. The third-order valence-electron chi connectivity index (χ3n) is 5.33. The summed E-state index contributed by atoms with van der Waals surface area (Å²) in [4.78, 5) is 28.3. The molecule has 1 unspecified atom stereocenters. The monoisotopic (exact) mass is 370 g/mol. The van der Waals surface area contributed by atoms with Gasteiger partial charge in [-0.2, -0.15) is 5.10 Å². The van der Waals surface area contributed by atoms with Crippen molar-refractivity contribution in [3.63, 3.8) is 0 Å². The van der Waals surface area contributed by atoms with Crippen LogP contribution in [-0.2, 0) is 16.1 Å². The SMILES string of the molecule is COc1ccc2c(c1)C(c1nc(C3CCCC3)nn1CC(=O)O)CC(=O)N2. The summed E-state index contributed by atoms with van der Waals surface area (Å²) in [7, 11) is 1.59. The van der Waals surface area contributed by atoms with Crippen LogP contribution in [0.25, 0.3) is 0 Å². The topological polar surface area (TPSA) is 106 Å². The van der Waals surface area contributed by atoms with E-state index < -0.39 is 5.97 Å². The van der Waals surface area contributed by atoms with Gasteiger partial charge >= 0.3 is 5.97 Å². The molecule has 1 atom stereocenters. The lowest BCUT2D eigenvalue weighted by Crippen LogP contribution is -2.26. The van der Waals surface area contributed by atoms with Crippen molar-refractivity contribution in [3.05, 3.63) is 35.4 Å². The van der Waals surface area contributed by atoms with Crippen molar-refractivity contribution in [1.29, 1.82) is 0 Å². The summed E-state index contributed by atoms with van der Waals surface area (Å²) >= 11 is 0. The second kappa shape index (κ2) is 7.02. The number of amides is 1. The van der Waals surface area contributed by atoms with E-state index in [9.17, 15) is 14.7 Å². The quantitative estimate of drug-likeness (QED) is 0.838. The van der Waals surface area contributed by atoms with Gasteiger partial charge in [0, 0.05) is 18.0 Å². The van der Waals surface area contributed by atoms with Crippen LogP contribution in [0, 0.1) is 0 Å². The molecule has 1 aromatic carbocycles. The lowest BCUT2D eigenvalue weighted by Gasteiger charge is -2.25. The van der Waals surface area contributed by atoms with Crippen LogP contribution in [0.4, 0.5) is 5.69 Å². The maximum atomic E-state index is 12.2. The van der Waals surface area contributed by atoms with E-state index >= 15 is 0 Å². The van der Waals surface area contributed by atoms with E-state index in [1.807, 2.05) is 6.07 Å². The van der Waals surface area contributed by atoms with Gasteiger partial charge in [-0.25, -0.2) is 9.67 Å². The lowest BCUT2D eigenvalue weighted by atomic mass is 9.89. The number of fused-ring (bicyclic) bond motifs is 1. The molecule has 1 fully saturated rings. The predicted octanol–water partition coefficient (Wildman–Crippen LogP) is 2.50. The number of hydrogen-bond acceptors (Lipinski definition) is 5. The summed E-state index contributed by atoms with van der Waals surface area (Å²) in [5.41, 5.74) is 1.57. The standard InChI is InChI=1S/C19H22N4O4/c1-27-12-6-7-15-13(8-12)14(9-16(24)20-15)19-21-18(11-4-2-3-5-11)22-23(19)10-17(25)26/h6-8,11,14H,2-5,9-10H2,1H3,(H,20,24)(H,25,26). The van der Waals surface area contributed by atoms with Crippen LogP contribution >= 0.6 is 0 Å². The van der Waals surface area contributed by atoms with Crippen LogP contribution in [-0.4, -0.2) is 38.9 Å². The molecule has 0 bridgehead atoms. The average Bonchev–Trinajstić information content (AvgIpc) is 3.30. The number of nitrogens with one attached hydrogen (secondary N) is 1. The molecule has 2 aromatic rings. The molecule has 0 spiro atoms. The van der Waals surface area contributed by atoms with Crippen molar-refractivity contribution in [1.82, 2.24) is 14.8 Å². The third-order valence-corrected chi connectivity index (χ3v) is 5.33. The summed E-state index contributed by atoms with van der Waals surface area (Å²) in [6, 6.07) is 5.45. The van der Waals surface area contributed by atoms with Gasteiger partial charge in [0.25, 0.3) is 0 Å². The number of hydrogen-bond donors (Lipinski definition) is 2. The summed E-state index contributed by atoms with van der Waals surface area (Å²) in [6.45, 7) is -0.271. The highest BCUT2D eigenvalue weighted by atomic mass is 16.5. The zero-order chi connectivity index (χ0) is 19.0. The molecule has 1 aliphatic heterocycles. The van der Waals surface area contributed by atoms with E-state index in [4.69, 9.17) is 9.72 Å². The first kappa shape index (κ1) is 17.5. The zero-order valence-electron chi connectivity index (χ0n) is 15.1. The number of anilines is 1. The van der Waals surface area contributed by atoms with Gasteiger partial charge < -0.3 is 15.2 Å². The Bertz CT molecular complexity index is 886. The molecule has 2 heterocycles. The highest BCUT2D eigenvalue weighted by Crippen LogP contribution is 2.40. The van der Waals surface area contributed by atoms with E-state index in [0.717, 1.165) is 31.2 Å². The van der Waals surface area contributed by atoms with Crippen molar-refractivity contribution in [2.24, 2.45) is 0 Å². The molecule has 27 heavy (non-hydrogen) atoms. The number of methoxy groups -OCH3 is 1. The molecule has 1 aromatic heterocycles. The van der Waals surface area contributed by atoms with Crippen LogP contribution in [0.1, 0.15) is 61.2 Å². The Balaban J connectivity index is 1.79. The molecule has 0 radical (unpaired) electrons. The summed E-state index contributed by atoms with van der Waals surface area (Å²) in [5.74, 6) is 0.708. The van der Waals surface area contributed by atoms with E-state index in [1.54, 1.807) is 19.2 Å². The molecule has 1 aliphatic carbocycles. The number of aliphatic carboxylic acids is 1. The lowest BCUT2D eigenvalue weighted by molar-refractivity contribution is -0.138. The normalized spacial score (nSPS) is 19.6. The van der Waals surface area contributed by atoms with Crippen LogP contribution in [0.15, 0.2) is 18.2 Å². The van der Waals surface area contributed by atoms with E-state index in [1.165, 1.54) is 4.68 Å². The first-order valence-electron chi connectivity index (χ1n) is 9.19. The second-order valence-corrected chi connectivity index (χ2v) is 7.12. The molecule has 4 rings (SSSR count). The molecule has 0 saturated heterocycles. The highest BCUT2D eigenvalue weighted by molar-refractivity contribution is 5.95. The molecular weight excluding hydrogens is 348 g/mol. The number of aromatic nitrogens is 3. The van der Waals surface area contributed by atoms with Crippen molar-refractivity contribution >= 4 is 17.6 Å². The second-order valence-electron chi connectivity index (χ2n) is 7.12. The zero-order valence-corrected chi connectivity index (χ0v) is 15.1. The maximum absolute atomic E-state index is 12.2. The van der Waals surface area contributed by atoms with E-state index in [-0.39, 0.29) is 30.7 Å². The number of ether oxygens (including phenoxy) is 1. The number of nitrogens with zero attached hydrogens (tertiary/aromatic N) is 3. The van der Waals surface area contributed by atoms with Gasteiger partial charge in [0.05, 0.1) is 13.0 Å². The maximum Gasteiger partial charge on any atom is 0.325 e. The van der Waals surface area contributed by atoms with Gasteiger partial charge in [-0.15, -0.1) is 0 Å². The fourth-order valence-electron chi connectivity index (χ4n) is 4.03. The number of carboxylic acids is 1. The van der Waals surface area contributed by atoms with Gasteiger partial charge in [0.1, 0.15) is 18.1 Å². The highest BCUT2D eigenvalue weighted by Gasteiger charge is 2.33. The van der Waals surface area contributed by atoms with Crippen molar-refractivity contribution in [2.75, 3.05) is 12.4 Å². The smallest absolute Gasteiger partial charge is 0.325 e. The molecule has 142 valence electrons. The molecular formula is C19H22N4O4. The first-order chi connectivity index (χ1) is 13.0. The van der Waals surface area contributed by atoms with Crippen molar-refractivity contribution in [3.8, 4) is 5.75 Å². The van der Waals surface area contributed by atoms with Gasteiger partial charge in [-0.3, -0.25) is 9.59 Å². The Kier molecular flexibility index (Phi) is 4.55. The Hall–Kier alpha value is -2.90. The minimum atomic E-state index is -0.981. The summed E-state index contributed by atoms with van der Waals surface area (Å²) < 4.78 is 6.77. The fraction of sp³-hybridized carbons (Fsp3) is 0.474. The number of benzene rings is 1. The van der Waals surface area contributed by atoms with Crippen LogP contribution < -0.4 is 10.1 Å². The summed E-state index contributed by atoms with van der Waals surface area (Å²) in [5, 5.41) is 16.7. The third kappa shape index (κ3) is 3.39. The van der Waals surface area contributed by atoms with Gasteiger partial charge in [-0.05, 0) is 36.6 Å². The predicted molar refractivity (Wildman–Crippen MR) is 97.0 cm³/mol. The Labute approximate surface area is 156 Å². The Morgan fingerprint density at radius 1 is 1.37 bits per heavy atom. The van der Waals surface area contributed by atoms with Gasteiger partial charge in [0.15, 0.2) is 5.82 Å².